The Morgan fingerprint density at radius 1 is 1.28 bits per heavy atom. The molecule has 1 amide bonds. The normalized spacial score (nSPS) is 19.2. The van der Waals surface area contributed by atoms with Gasteiger partial charge in [0.2, 0.25) is 15.9 Å². The molecule has 2 heterocycles. The van der Waals surface area contributed by atoms with E-state index in [-0.39, 0.29) is 11.7 Å². The molecule has 1 aromatic heterocycles. The topological polar surface area (TPSA) is 71.4 Å². The van der Waals surface area contributed by atoms with Gasteiger partial charge in [-0.25, -0.2) is 8.42 Å². The van der Waals surface area contributed by atoms with Crippen molar-refractivity contribution >= 4 is 32.5 Å². The summed E-state index contributed by atoms with van der Waals surface area (Å²) in [5.74, 6) is -0.152. The van der Waals surface area contributed by atoms with Crippen LogP contribution in [0.2, 0.25) is 0 Å². The van der Waals surface area contributed by atoms with Crippen molar-refractivity contribution in [2.75, 3.05) is 17.6 Å². The van der Waals surface area contributed by atoms with E-state index < -0.39 is 16.1 Å². The highest BCUT2D eigenvalue weighted by Gasteiger charge is 2.36. The molecule has 1 atom stereocenters. The van der Waals surface area contributed by atoms with Crippen molar-refractivity contribution in [3.63, 3.8) is 0 Å². The van der Waals surface area contributed by atoms with E-state index in [1.807, 2.05) is 49.0 Å². The van der Waals surface area contributed by atoms with Gasteiger partial charge in [0.1, 0.15) is 6.04 Å². The summed E-state index contributed by atoms with van der Waals surface area (Å²) in [6, 6.07) is 7.07. The van der Waals surface area contributed by atoms with Crippen LogP contribution in [-0.4, -0.2) is 41.5 Å². The Balaban J connectivity index is 1.85. The number of sulfonamides is 1. The fourth-order valence-corrected chi connectivity index (χ4v) is 5.25. The van der Waals surface area contributed by atoms with Gasteiger partial charge in [-0.2, -0.15) is 4.31 Å². The highest BCUT2D eigenvalue weighted by molar-refractivity contribution is 7.89. The third kappa shape index (κ3) is 3.57. The molecule has 0 saturated carbocycles. The van der Waals surface area contributed by atoms with E-state index in [1.54, 1.807) is 0 Å². The maximum atomic E-state index is 12.9. The fourth-order valence-electron chi connectivity index (χ4n) is 3.50. The van der Waals surface area contributed by atoms with Gasteiger partial charge in [0.15, 0.2) is 0 Å². The number of fused-ring (bicyclic) bond motifs is 1. The number of rotatable bonds is 5. The first-order valence-corrected chi connectivity index (χ1v) is 10.4. The van der Waals surface area contributed by atoms with Crippen molar-refractivity contribution in [2.24, 2.45) is 7.05 Å². The molecule has 0 spiro atoms. The van der Waals surface area contributed by atoms with Gasteiger partial charge in [-0.3, -0.25) is 4.79 Å². The molecule has 7 heteroatoms. The standard InChI is InChI=1S/C18H25N3O3S/c1-3-13-25(23,24)21-11-5-4-8-17(21)18(22)19-15-7-6-9-16-14(15)10-12-20(16)2/h6-7,9-10,12,17H,3-5,8,11,13H2,1-2H3,(H,19,22). The summed E-state index contributed by atoms with van der Waals surface area (Å²) in [5, 5.41) is 3.91. The fraction of sp³-hybridized carbons (Fsp3) is 0.500. The Morgan fingerprint density at radius 3 is 2.84 bits per heavy atom. The minimum atomic E-state index is -3.39. The predicted molar refractivity (Wildman–Crippen MR) is 100.0 cm³/mol. The number of anilines is 1. The first-order valence-electron chi connectivity index (χ1n) is 8.78. The number of carbonyl (C=O) groups is 1. The summed E-state index contributed by atoms with van der Waals surface area (Å²) in [5.41, 5.74) is 1.75. The van der Waals surface area contributed by atoms with Crippen LogP contribution in [0.3, 0.4) is 0 Å². The molecule has 25 heavy (non-hydrogen) atoms. The lowest BCUT2D eigenvalue weighted by molar-refractivity contribution is -0.120. The number of aromatic nitrogens is 1. The van der Waals surface area contributed by atoms with Crippen LogP contribution in [0.1, 0.15) is 32.6 Å². The quantitative estimate of drug-likeness (QED) is 0.888. The second-order valence-electron chi connectivity index (χ2n) is 6.59. The van der Waals surface area contributed by atoms with E-state index in [1.165, 1.54) is 4.31 Å². The summed E-state index contributed by atoms with van der Waals surface area (Å²) in [6.07, 6.45) is 4.74. The average Bonchev–Trinajstić information content (AvgIpc) is 2.97. The number of benzene rings is 1. The molecule has 0 radical (unpaired) electrons. The van der Waals surface area contributed by atoms with Crippen LogP contribution in [0.25, 0.3) is 10.9 Å². The predicted octanol–water partition coefficient (Wildman–Crippen LogP) is 2.71. The van der Waals surface area contributed by atoms with Gasteiger partial charge >= 0.3 is 0 Å². The minimum absolute atomic E-state index is 0.0883. The van der Waals surface area contributed by atoms with Crippen molar-refractivity contribution in [1.29, 1.82) is 0 Å². The maximum Gasteiger partial charge on any atom is 0.242 e. The molecular weight excluding hydrogens is 338 g/mol. The molecule has 3 rings (SSSR count). The van der Waals surface area contributed by atoms with Gasteiger partial charge in [0.05, 0.1) is 11.4 Å². The molecule has 0 aliphatic carbocycles. The number of hydrogen-bond donors (Lipinski definition) is 1. The zero-order valence-corrected chi connectivity index (χ0v) is 15.6. The van der Waals surface area contributed by atoms with Crippen LogP contribution >= 0.6 is 0 Å². The molecule has 1 aliphatic rings. The van der Waals surface area contributed by atoms with E-state index in [9.17, 15) is 13.2 Å². The third-order valence-corrected chi connectivity index (χ3v) is 6.84. The number of piperidine rings is 1. The molecular formula is C18H25N3O3S. The highest BCUT2D eigenvalue weighted by Crippen LogP contribution is 2.26. The monoisotopic (exact) mass is 363 g/mol. The molecule has 2 aromatic rings. The Hall–Kier alpha value is -1.86. The van der Waals surface area contributed by atoms with Gasteiger partial charge in [-0.15, -0.1) is 0 Å². The molecule has 1 fully saturated rings. The first kappa shape index (κ1) is 17.9. The summed E-state index contributed by atoms with van der Waals surface area (Å²) >= 11 is 0. The molecule has 6 nitrogen and oxygen atoms in total. The molecule has 1 aromatic carbocycles. The van der Waals surface area contributed by atoms with E-state index in [2.05, 4.69) is 5.32 Å². The Labute approximate surface area is 148 Å². The smallest absolute Gasteiger partial charge is 0.242 e. The Bertz CT molecular complexity index is 873. The molecule has 1 saturated heterocycles. The van der Waals surface area contributed by atoms with E-state index in [0.29, 0.717) is 19.4 Å². The molecule has 1 aliphatic heterocycles. The lowest BCUT2D eigenvalue weighted by atomic mass is 10.0. The van der Waals surface area contributed by atoms with E-state index in [0.717, 1.165) is 29.4 Å². The number of hydrogen-bond acceptors (Lipinski definition) is 3. The van der Waals surface area contributed by atoms with Gasteiger partial charge in [0.25, 0.3) is 0 Å². The van der Waals surface area contributed by atoms with Crippen LogP contribution in [0, 0.1) is 0 Å². The Morgan fingerprint density at radius 2 is 2.08 bits per heavy atom. The zero-order valence-electron chi connectivity index (χ0n) is 14.7. The zero-order chi connectivity index (χ0) is 18.0. The number of aryl methyl sites for hydroxylation is 1. The van der Waals surface area contributed by atoms with E-state index in [4.69, 9.17) is 0 Å². The highest BCUT2D eigenvalue weighted by atomic mass is 32.2. The van der Waals surface area contributed by atoms with Crippen molar-refractivity contribution < 1.29 is 13.2 Å². The second-order valence-corrected chi connectivity index (χ2v) is 8.63. The number of nitrogens with one attached hydrogen (secondary N) is 1. The Kier molecular flexibility index (Phi) is 5.15. The van der Waals surface area contributed by atoms with Gasteiger partial charge in [0, 0.05) is 30.7 Å². The summed E-state index contributed by atoms with van der Waals surface area (Å²) in [6.45, 7) is 2.27. The van der Waals surface area contributed by atoms with Crippen LogP contribution < -0.4 is 5.32 Å². The van der Waals surface area contributed by atoms with Crippen LogP contribution in [0.15, 0.2) is 30.5 Å². The van der Waals surface area contributed by atoms with Crippen LogP contribution in [0.4, 0.5) is 5.69 Å². The summed E-state index contributed by atoms with van der Waals surface area (Å²) < 4.78 is 28.4. The van der Waals surface area contributed by atoms with Gasteiger partial charge < -0.3 is 9.88 Å². The average molecular weight is 363 g/mol. The summed E-state index contributed by atoms with van der Waals surface area (Å²) in [7, 11) is -1.44. The lowest BCUT2D eigenvalue weighted by Crippen LogP contribution is -2.50. The molecule has 1 unspecified atom stereocenters. The third-order valence-electron chi connectivity index (χ3n) is 4.76. The summed E-state index contributed by atoms with van der Waals surface area (Å²) in [4.78, 5) is 12.9. The van der Waals surface area contributed by atoms with Crippen molar-refractivity contribution in [3.05, 3.63) is 30.5 Å². The maximum absolute atomic E-state index is 12.9. The second kappa shape index (κ2) is 7.17. The molecule has 0 bridgehead atoms. The van der Waals surface area contributed by atoms with Crippen LogP contribution in [-0.2, 0) is 21.9 Å². The SMILES string of the molecule is CCCS(=O)(=O)N1CCCCC1C(=O)Nc1cccc2c1ccn2C. The molecule has 1 N–H and O–H groups in total. The minimum Gasteiger partial charge on any atom is -0.350 e. The van der Waals surface area contributed by atoms with Gasteiger partial charge in [-0.05, 0) is 37.5 Å². The largest absolute Gasteiger partial charge is 0.350 e. The molecule has 136 valence electrons. The van der Waals surface area contributed by atoms with Gasteiger partial charge in [-0.1, -0.05) is 19.4 Å². The number of amides is 1. The van der Waals surface area contributed by atoms with E-state index >= 15 is 0 Å². The number of carbonyl (C=O) groups excluding carboxylic acids is 1. The van der Waals surface area contributed by atoms with Crippen molar-refractivity contribution in [2.45, 2.75) is 38.6 Å². The van der Waals surface area contributed by atoms with Crippen LogP contribution in [0.5, 0.6) is 0 Å². The number of nitrogens with zero attached hydrogens (tertiary/aromatic N) is 2. The lowest BCUT2D eigenvalue weighted by Gasteiger charge is -2.33. The van der Waals surface area contributed by atoms with Crippen molar-refractivity contribution in [3.8, 4) is 0 Å². The first-order chi connectivity index (χ1) is 11.9. The van der Waals surface area contributed by atoms with Crippen molar-refractivity contribution in [1.82, 2.24) is 8.87 Å².